The van der Waals surface area contributed by atoms with Gasteiger partial charge in [-0.05, 0) is 19.1 Å². The first-order chi connectivity index (χ1) is 13.1. The molecule has 0 amide bonds. The number of guanidine groups is 1. The van der Waals surface area contributed by atoms with Crippen LogP contribution in [-0.2, 0) is 9.84 Å². The first-order valence-corrected chi connectivity index (χ1v) is 11.7. The first-order valence-electron chi connectivity index (χ1n) is 9.83. The Kier molecular flexibility index (Phi) is 9.29. The smallest absolute Gasteiger partial charge is 0.194 e. The first kappa shape index (κ1) is 23.2. The number of hydrogen-bond donors (Lipinski definition) is 1. The van der Waals surface area contributed by atoms with Crippen molar-refractivity contribution >= 4 is 45.5 Å². The third-order valence-corrected chi connectivity index (χ3v) is 6.76. The van der Waals surface area contributed by atoms with E-state index in [9.17, 15) is 8.42 Å². The fourth-order valence-corrected chi connectivity index (χ4v) is 4.79. The fraction of sp³-hybridized carbons (Fsp3) is 0.632. The van der Waals surface area contributed by atoms with Gasteiger partial charge in [-0.15, -0.1) is 24.0 Å². The van der Waals surface area contributed by atoms with Crippen LogP contribution < -0.4 is 10.2 Å². The molecule has 0 atom stereocenters. The summed E-state index contributed by atoms with van der Waals surface area (Å²) < 4.78 is 23.0. The van der Waals surface area contributed by atoms with Crippen molar-refractivity contribution in [1.29, 1.82) is 0 Å². The number of sulfone groups is 1. The molecule has 0 aliphatic carbocycles. The number of piperazine rings is 1. The molecule has 2 aliphatic rings. The lowest BCUT2D eigenvalue weighted by Crippen LogP contribution is -2.52. The summed E-state index contributed by atoms with van der Waals surface area (Å²) in [4.78, 5) is 11.7. The van der Waals surface area contributed by atoms with Crippen molar-refractivity contribution in [3.63, 3.8) is 0 Å². The molecule has 28 heavy (non-hydrogen) atoms. The Bertz CT molecular complexity index is 707. The lowest BCUT2D eigenvalue weighted by molar-refractivity contribution is 0.302. The highest BCUT2D eigenvalue weighted by molar-refractivity contribution is 14.0. The van der Waals surface area contributed by atoms with Crippen molar-refractivity contribution in [1.82, 2.24) is 15.1 Å². The van der Waals surface area contributed by atoms with Crippen LogP contribution in [0.1, 0.15) is 6.92 Å². The molecule has 2 heterocycles. The van der Waals surface area contributed by atoms with E-state index >= 15 is 0 Å². The van der Waals surface area contributed by atoms with E-state index in [1.54, 1.807) is 0 Å². The van der Waals surface area contributed by atoms with E-state index in [1.165, 1.54) is 5.69 Å². The SMILES string of the molecule is CCNC(=NCCN1CCS(=O)(=O)CC1)N1CCN(c2ccccc2)CC1.I. The molecule has 158 valence electrons. The summed E-state index contributed by atoms with van der Waals surface area (Å²) in [6.45, 7) is 9.57. The summed E-state index contributed by atoms with van der Waals surface area (Å²) in [7, 11) is -2.81. The van der Waals surface area contributed by atoms with Crippen LogP contribution in [-0.4, -0.2) is 94.6 Å². The van der Waals surface area contributed by atoms with Crippen LogP contribution in [0.15, 0.2) is 35.3 Å². The molecular formula is C19H32IN5O2S. The number of anilines is 1. The van der Waals surface area contributed by atoms with Gasteiger partial charge in [0.25, 0.3) is 0 Å². The zero-order valence-corrected chi connectivity index (χ0v) is 19.7. The molecule has 1 aromatic rings. The molecule has 0 spiro atoms. The van der Waals surface area contributed by atoms with Gasteiger partial charge in [-0.25, -0.2) is 8.42 Å². The predicted octanol–water partition coefficient (Wildman–Crippen LogP) is 1.12. The van der Waals surface area contributed by atoms with Gasteiger partial charge in [0.1, 0.15) is 0 Å². The van der Waals surface area contributed by atoms with Crippen molar-refractivity contribution in [3.05, 3.63) is 30.3 Å². The molecule has 0 aromatic heterocycles. The second kappa shape index (κ2) is 11.2. The van der Waals surface area contributed by atoms with E-state index in [0.29, 0.717) is 19.6 Å². The number of nitrogens with one attached hydrogen (secondary N) is 1. The third kappa shape index (κ3) is 6.77. The Hall–Kier alpha value is -1.07. The van der Waals surface area contributed by atoms with Crippen molar-refractivity contribution in [2.24, 2.45) is 4.99 Å². The minimum absolute atomic E-state index is 0. The van der Waals surface area contributed by atoms with Crippen LogP contribution in [0.2, 0.25) is 0 Å². The Labute approximate surface area is 186 Å². The van der Waals surface area contributed by atoms with Crippen molar-refractivity contribution < 1.29 is 8.42 Å². The summed E-state index contributed by atoms with van der Waals surface area (Å²) >= 11 is 0. The molecule has 2 fully saturated rings. The van der Waals surface area contributed by atoms with Gasteiger partial charge in [0.05, 0.1) is 18.1 Å². The highest BCUT2D eigenvalue weighted by Gasteiger charge is 2.22. The average Bonchev–Trinajstić information content (AvgIpc) is 2.69. The summed E-state index contributed by atoms with van der Waals surface area (Å²) in [5.41, 5.74) is 1.28. The summed E-state index contributed by atoms with van der Waals surface area (Å²) in [6, 6.07) is 10.5. The largest absolute Gasteiger partial charge is 0.368 e. The molecular weight excluding hydrogens is 489 g/mol. The van der Waals surface area contributed by atoms with Gasteiger partial charge >= 0.3 is 0 Å². The van der Waals surface area contributed by atoms with Crippen molar-refractivity contribution in [2.75, 3.05) is 75.3 Å². The number of halogens is 1. The van der Waals surface area contributed by atoms with Crippen molar-refractivity contribution in [2.45, 2.75) is 6.92 Å². The molecule has 1 N–H and O–H groups in total. The Morgan fingerprint density at radius 2 is 1.68 bits per heavy atom. The number of nitrogens with zero attached hydrogens (tertiary/aromatic N) is 4. The zero-order chi connectivity index (χ0) is 19.1. The topological polar surface area (TPSA) is 68.2 Å². The highest BCUT2D eigenvalue weighted by atomic mass is 127. The predicted molar refractivity (Wildman–Crippen MR) is 127 cm³/mol. The normalized spacial score (nSPS) is 20.5. The third-order valence-electron chi connectivity index (χ3n) is 5.15. The van der Waals surface area contributed by atoms with E-state index in [4.69, 9.17) is 4.99 Å². The van der Waals surface area contributed by atoms with E-state index in [0.717, 1.165) is 45.2 Å². The number of benzene rings is 1. The van der Waals surface area contributed by atoms with Gasteiger partial charge < -0.3 is 15.1 Å². The second-order valence-corrected chi connectivity index (χ2v) is 9.34. The van der Waals surface area contributed by atoms with Crippen LogP contribution >= 0.6 is 24.0 Å². The standard InChI is InChI=1S/C19H31N5O2S.HI/c1-2-20-19(21-8-9-22-14-16-27(25,26)17-15-22)24-12-10-23(11-13-24)18-6-4-3-5-7-18;/h3-7H,2,8-17H2,1H3,(H,20,21);1H. The monoisotopic (exact) mass is 521 g/mol. The van der Waals surface area contributed by atoms with Crippen LogP contribution in [0.4, 0.5) is 5.69 Å². The summed E-state index contributed by atoms with van der Waals surface area (Å²) in [6.07, 6.45) is 0. The Morgan fingerprint density at radius 3 is 2.29 bits per heavy atom. The van der Waals surface area contributed by atoms with Gasteiger partial charge in [0.2, 0.25) is 0 Å². The lowest BCUT2D eigenvalue weighted by atomic mass is 10.2. The van der Waals surface area contributed by atoms with Crippen LogP contribution in [0.25, 0.3) is 0 Å². The minimum Gasteiger partial charge on any atom is -0.368 e. The van der Waals surface area contributed by atoms with E-state index in [1.807, 2.05) is 6.07 Å². The molecule has 2 aliphatic heterocycles. The molecule has 0 saturated carbocycles. The summed E-state index contributed by atoms with van der Waals surface area (Å²) in [5.74, 6) is 1.52. The van der Waals surface area contributed by atoms with Crippen LogP contribution in [0, 0.1) is 0 Å². The van der Waals surface area contributed by atoms with E-state index in [-0.39, 0.29) is 35.5 Å². The molecule has 1 aromatic carbocycles. The van der Waals surface area contributed by atoms with Crippen molar-refractivity contribution in [3.8, 4) is 0 Å². The Morgan fingerprint density at radius 1 is 1.04 bits per heavy atom. The molecule has 0 unspecified atom stereocenters. The highest BCUT2D eigenvalue weighted by Crippen LogP contribution is 2.15. The van der Waals surface area contributed by atoms with Gasteiger partial charge in [0, 0.05) is 58.0 Å². The quantitative estimate of drug-likeness (QED) is 0.356. The number of aliphatic imine (C=N–C) groups is 1. The van der Waals surface area contributed by atoms with Crippen LogP contribution in [0.3, 0.4) is 0 Å². The number of rotatable bonds is 5. The maximum Gasteiger partial charge on any atom is 0.194 e. The minimum atomic E-state index is -2.81. The second-order valence-electron chi connectivity index (χ2n) is 7.04. The molecule has 2 saturated heterocycles. The van der Waals surface area contributed by atoms with Gasteiger partial charge in [-0.2, -0.15) is 0 Å². The van der Waals surface area contributed by atoms with E-state index in [2.05, 4.69) is 51.2 Å². The number of para-hydroxylation sites is 1. The maximum absolute atomic E-state index is 11.5. The van der Waals surface area contributed by atoms with Gasteiger partial charge in [-0.3, -0.25) is 9.89 Å². The van der Waals surface area contributed by atoms with Gasteiger partial charge in [0.15, 0.2) is 15.8 Å². The average molecular weight is 521 g/mol. The number of hydrogen-bond acceptors (Lipinski definition) is 5. The van der Waals surface area contributed by atoms with Crippen LogP contribution in [0.5, 0.6) is 0 Å². The van der Waals surface area contributed by atoms with E-state index < -0.39 is 9.84 Å². The molecule has 0 bridgehead atoms. The fourth-order valence-electron chi connectivity index (χ4n) is 3.51. The molecule has 9 heteroatoms. The molecule has 7 nitrogen and oxygen atoms in total. The zero-order valence-electron chi connectivity index (χ0n) is 16.6. The lowest BCUT2D eigenvalue weighted by Gasteiger charge is -2.37. The van der Waals surface area contributed by atoms with Gasteiger partial charge in [-0.1, -0.05) is 18.2 Å². The molecule has 3 rings (SSSR count). The maximum atomic E-state index is 11.5. The molecule has 0 radical (unpaired) electrons. The Balaban J connectivity index is 0.00000280. The summed E-state index contributed by atoms with van der Waals surface area (Å²) in [5, 5.41) is 3.40.